The van der Waals surface area contributed by atoms with Crippen LogP contribution >= 0.6 is 0 Å². The summed E-state index contributed by atoms with van der Waals surface area (Å²) in [6.45, 7) is 6.18. The van der Waals surface area contributed by atoms with Gasteiger partial charge < -0.3 is 20.7 Å². The van der Waals surface area contributed by atoms with Gasteiger partial charge in [0, 0.05) is 28.8 Å². The van der Waals surface area contributed by atoms with Crippen LogP contribution in [0.3, 0.4) is 0 Å². The van der Waals surface area contributed by atoms with Crippen molar-refractivity contribution in [2.24, 2.45) is 5.92 Å². The van der Waals surface area contributed by atoms with E-state index in [9.17, 15) is 5.11 Å². The fourth-order valence-corrected chi connectivity index (χ4v) is 5.41. The summed E-state index contributed by atoms with van der Waals surface area (Å²) in [5.74, 6) is 0.862. The van der Waals surface area contributed by atoms with E-state index in [0.717, 1.165) is 42.7 Å². The number of fused-ring (bicyclic) bond motifs is 1. The van der Waals surface area contributed by atoms with Crippen molar-refractivity contribution in [2.75, 3.05) is 13.1 Å². The fourth-order valence-electron chi connectivity index (χ4n) is 5.41. The van der Waals surface area contributed by atoms with Crippen LogP contribution in [0.2, 0.25) is 0 Å². The van der Waals surface area contributed by atoms with Crippen LogP contribution in [0.4, 0.5) is 0 Å². The normalized spacial score (nSPS) is 21.4. The lowest BCUT2D eigenvalue weighted by Crippen LogP contribution is -2.50. The van der Waals surface area contributed by atoms with Gasteiger partial charge in [-0.2, -0.15) is 0 Å². The highest BCUT2D eigenvalue weighted by molar-refractivity contribution is 5.85. The van der Waals surface area contributed by atoms with E-state index in [-0.39, 0.29) is 6.04 Å². The second-order valence-electron chi connectivity index (χ2n) is 9.63. The van der Waals surface area contributed by atoms with Gasteiger partial charge in [0.05, 0.1) is 12.1 Å². The Labute approximate surface area is 200 Å². The Balaban J connectivity index is 1.35. The summed E-state index contributed by atoms with van der Waals surface area (Å²) in [7, 11) is 0. The number of H-pyrrole nitrogens is 1. The van der Waals surface area contributed by atoms with Crippen LogP contribution in [-0.4, -0.2) is 50.1 Å². The third-order valence-electron chi connectivity index (χ3n) is 7.24. The molecule has 0 spiro atoms. The highest BCUT2D eigenvalue weighted by Gasteiger charge is 2.30. The first kappa shape index (κ1) is 22.8. The molecule has 7 heteroatoms. The van der Waals surface area contributed by atoms with Gasteiger partial charge in [-0.1, -0.05) is 37.3 Å². The molecule has 1 aliphatic rings. The summed E-state index contributed by atoms with van der Waals surface area (Å²) in [4.78, 5) is 3.45. The minimum atomic E-state index is -0.458. The number of hydrogen-bond donors (Lipinski definition) is 4. The molecular formula is C27H34N6O. The third kappa shape index (κ3) is 4.78. The molecular weight excluding hydrogens is 424 g/mol. The van der Waals surface area contributed by atoms with Crippen molar-refractivity contribution in [3.05, 3.63) is 78.5 Å². The van der Waals surface area contributed by atoms with Crippen molar-refractivity contribution in [2.45, 2.75) is 50.8 Å². The quantitative estimate of drug-likeness (QED) is 0.321. The van der Waals surface area contributed by atoms with E-state index >= 15 is 0 Å². The number of aliphatic hydroxyl groups is 1. The number of nitrogens with zero attached hydrogens (tertiary/aromatic N) is 3. The number of nitrogens with one attached hydrogen (secondary N) is 3. The Kier molecular flexibility index (Phi) is 6.76. The lowest BCUT2D eigenvalue weighted by molar-refractivity contribution is 0.121. The van der Waals surface area contributed by atoms with Gasteiger partial charge in [0.1, 0.15) is 12.7 Å². The molecule has 2 aromatic heterocycles. The Morgan fingerprint density at radius 1 is 1.12 bits per heavy atom. The number of piperidine rings is 1. The number of aliphatic hydroxyl groups excluding tert-OH is 1. The van der Waals surface area contributed by atoms with Gasteiger partial charge in [-0.3, -0.25) is 4.57 Å². The van der Waals surface area contributed by atoms with Crippen molar-refractivity contribution >= 4 is 10.9 Å². The van der Waals surface area contributed by atoms with E-state index in [1.165, 1.54) is 10.9 Å². The number of aromatic nitrogens is 4. The van der Waals surface area contributed by atoms with Crippen molar-refractivity contribution in [1.82, 2.24) is 30.4 Å². The molecule has 4 aromatic rings. The van der Waals surface area contributed by atoms with Gasteiger partial charge in [-0.15, -0.1) is 10.2 Å². The number of aromatic amines is 1. The van der Waals surface area contributed by atoms with Crippen LogP contribution in [0.25, 0.3) is 16.6 Å². The second kappa shape index (κ2) is 10.1. The molecule has 1 aliphatic heterocycles. The summed E-state index contributed by atoms with van der Waals surface area (Å²) in [6.07, 6.45) is 7.28. The summed E-state index contributed by atoms with van der Waals surface area (Å²) in [5, 5.41) is 27.1. The number of benzene rings is 2. The third-order valence-corrected chi connectivity index (χ3v) is 7.24. The summed E-state index contributed by atoms with van der Waals surface area (Å²) < 4.78 is 1.94. The lowest BCUT2D eigenvalue weighted by Gasteiger charge is -2.38. The SMILES string of the molecule is CC(O)[C@H](NC1CCNCC1C[C@H](C)c1c[nH]c2ccc(-n3cnnc3)cc12)c1ccccc1. The second-order valence-corrected chi connectivity index (χ2v) is 9.63. The molecule has 34 heavy (non-hydrogen) atoms. The highest BCUT2D eigenvalue weighted by atomic mass is 16.3. The molecule has 1 saturated heterocycles. The van der Waals surface area contributed by atoms with Crippen LogP contribution in [-0.2, 0) is 0 Å². The maximum absolute atomic E-state index is 10.5. The molecule has 7 nitrogen and oxygen atoms in total. The molecule has 5 rings (SSSR count). The van der Waals surface area contributed by atoms with Crippen LogP contribution < -0.4 is 10.6 Å². The van der Waals surface area contributed by atoms with Crippen molar-refractivity contribution < 1.29 is 5.11 Å². The Morgan fingerprint density at radius 2 is 1.91 bits per heavy atom. The van der Waals surface area contributed by atoms with Crippen LogP contribution in [0, 0.1) is 5.92 Å². The van der Waals surface area contributed by atoms with E-state index in [2.05, 4.69) is 69.3 Å². The van der Waals surface area contributed by atoms with E-state index in [1.54, 1.807) is 12.7 Å². The Morgan fingerprint density at radius 3 is 2.68 bits per heavy atom. The minimum absolute atomic E-state index is 0.0680. The van der Waals surface area contributed by atoms with Crippen molar-refractivity contribution in [3.8, 4) is 5.69 Å². The maximum atomic E-state index is 10.5. The molecule has 5 atom stereocenters. The average molecular weight is 459 g/mol. The predicted molar refractivity (Wildman–Crippen MR) is 135 cm³/mol. The molecule has 1 fully saturated rings. The van der Waals surface area contributed by atoms with E-state index in [1.807, 2.05) is 29.7 Å². The van der Waals surface area contributed by atoms with Gasteiger partial charge >= 0.3 is 0 Å². The van der Waals surface area contributed by atoms with Crippen molar-refractivity contribution in [1.29, 1.82) is 0 Å². The molecule has 0 saturated carbocycles. The van der Waals surface area contributed by atoms with Crippen LogP contribution in [0.1, 0.15) is 49.8 Å². The monoisotopic (exact) mass is 458 g/mol. The van der Waals surface area contributed by atoms with Crippen LogP contribution in [0.15, 0.2) is 67.4 Å². The predicted octanol–water partition coefficient (Wildman–Crippen LogP) is 3.93. The first-order chi connectivity index (χ1) is 16.6. The first-order valence-corrected chi connectivity index (χ1v) is 12.3. The van der Waals surface area contributed by atoms with Gasteiger partial charge in [0.15, 0.2) is 0 Å². The van der Waals surface area contributed by atoms with Gasteiger partial charge in [-0.05, 0) is 74.0 Å². The van der Waals surface area contributed by atoms with E-state index < -0.39 is 6.10 Å². The zero-order valence-electron chi connectivity index (χ0n) is 19.9. The standard InChI is InChI=1S/C27H34N6O/c1-18(24-15-29-26-9-8-22(13-23(24)26)33-16-30-31-17-33)12-21-14-28-11-10-25(21)32-27(19(2)34)20-6-4-3-5-7-20/h3-9,13,15-19,21,25,27-29,32,34H,10-12,14H2,1-2H3/t18-,19?,21?,25?,27-/m0/s1. The smallest absolute Gasteiger partial charge is 0.123 e. The van der Waals surface area contributed by atoms with Gasteiger partial charge in [0.25, 0.3) is 0 Å². The van der Waals surface area contributed by atoms with Crippen molar-refractivity contribution in [3.63, 3.8) is 0 Å². The molecule has 0 amide bonds. The molecule has 2 aromatic carbocycles. The zero-order chi connectivity index (χ0) is 23.5. The summed E-state index contributed by atoms with van der Waals surface area (Å²) >= 11 is 0. The molecule has 0 radical (unpaired) electrons. The molecule has 0 aliphatic carbocycles. The van der Waals surface area contributed by atoms with E-state index in [4.69, 9.17) is 0 Å². The maximum Gasteiger partial charge on any atom is 0.123 e. The molecule has 4 N–H and O–H groups in total. The first-order valence-electron chi connectivity index (χ1n) is 12.3. The molecule has 3 unspecified atom stereocenters. The molecule has 3 heterocycles. The molecule has 0 bridgehead atoms. The lowest BCUT2D eigenvalue weighted by atomic mass is 9.82. The highest BCUT2D eigenvalue weighted by Crippen LogP contribution is 2.33. The summed E-state index contributed by atoms with van der Waals surface area (Å²) in [6, 6.07) is 17.0. The number of hydrogen-bond acceptors (Lipinski definition) is 5. The van der Waals surface area contributed by atoms with Gasteiger partial charge in [-0.25, -0.2) is 0 Å². The average Bonchev–Trinajstić information content (AvgIpc) is 3.53. The van der Waals surface area contributed by atoms with E-state index in [0.29, 0.717) is 17.9 Å². The number of rotatable bonds is 8. The van der Waals surface area contributed by atoms with Crippen LogP contribution in [0.5, 0.6) is 0 Å². The fraction of sp³-hybridized carbons (Fsp3) is 0.407. The minimum Gasteiger partial charge on any atom is -0.391 e. The van der Waals surface area contributed by atoms with Gasteiger partial charge in [0.2, 0.25) is 0 Å². The Bertz CT molecular complexity index is 1190. The largest absolute Gasteiger partial charge is 0.391 e. The Hall–Kier alpha value is -3.00. The zero-order valence-corrected chi connectivity index (χ0v) is 19.9. The topological polar surface area (TPSA) is 90.8 Å². The molecule has 178 valence electrons. The summed E-state index contributed by atoms with van der Waals surface area (Å²) in [5.41, 5.74) is 4.69.